The van der Waals surface area contributed by atoms with E-state index in [0.29, 0.717) is 26.3 Å². The van der Waals surface area contributed by atoms with Crippen LogP contribution in [0.3, 0.4) is 0 Å². The van der Waals surface area contributed by atoms with Gasteiger partial charge < -0.3 is 20.2 Å². The van der Waals surface area contributed by atoms with Gasteiger partial charge in [-0.05, 0) is 35.4 Å². The van der Waals surface area contributed by atoms with Gasteiger partial charge in [-0.2, -0.15) is 0 Å². The molecule has 0 aromatic heterocycles. The Balaban J connectivity index is 1.43. The summed E-state index contributed by atoms with van der Waals surface area (Å²) in [6.45, 7) is 1.95. The molecule has 2 aromatic rings. The van der Waals surface area contributed by atoms with Gasteiger partial charge in [-0.15, -0.1) is 0 Å². The number of hydrogen-bond acceptors (Lipinski definition) is 5. The molecule has 3 aliphatic heterocycles. The molecule has 31 heavy (non-hydrogen) atoms. The van der Waals surface area contributed by atoms with Crippen LogP contribution in [-0.2, 0) is 4.79 Å². The second-order valence-electron chi connectivity index (χ2n) is 7.86. The van der Waals surface area contributed by atoms with Crippen molar-refractivity contribution in [3.05, 3.63) is 66.4 Å². The summed E-state index contributed by atoms with van der Waals surface area (Å²) in [5, 5.41) is 15.4. The number of nitrogens with zero attached hydrogens (tertiary/aromatic N) is 3. The summed E-state index contributed by atoms with van der Waals surface area (Å²) >= 11 is 0. The lowest BCUT2D eigenvalue weighted by Gasteiger charge is -2.34. The molecule has 2 fully saturated rings. The van der Waals surface area contributed by atoms with Crippen LogP contribution >= 0.6 is 0 Å². The minimum atomic E-state index is -0.326. The molecule has 8 nitrogen and oxygen atoms in total. The molecule has 0 radical (unpaired) electrons. The molecule has 8 heteroatoms. The van der Waals surface area contributed by atoms with E-state index in [4.69, 9.17) is 5.11 Å². The van der Waals surface area contributed by atoms with Gasteiger partial charge in [-0.3, -0.25) is 15.0 Å². The fourth-order valence-corrected chi connectivity index (χ4v) is 4.57. The maximum Gasteiger partial charge on any atom is 0.324 e. The zero-order chi connectivity index (χ0) is 21.4. The van der Waals surface area contributed by atoms with Crippen LogP contribution in [0, 0.1) is 5.92 Å². The van der Waals surface area contributed by atoms with Gasteiger partial charge in [0.05, 0.1) is 19.2 Å². The van der Waals surface area contributed by atoms with Gasteiger partial charge in [-0.1, -0.05) is 30.3 Å². The summed E-state index contributed by atoms with van der Waals surface area (Å²) in [4.78, 5) is 30.8. The number of carbonyl (C=O) groups is 2. The highest BCUT2D eigenvalue weighted by Crippen LogP contribution is 2.39. The second kappa shape index (κ2) is 8.05. The number of nitrogens with one attached hydrogen (secondary N) is 2. The predicted molar refractivity (Wildman–Crippen MR) is 118 cm³/mol. The summed E-state index contributed by atoms with van der Waals surface area (Å²) in [5.74, 6) is -0.319. The number of para-hydroxylation sites is 1. The molecule has 2 unspecified atom stereocenters. The van der Waals surface area contributed by atoms with Crippen LogP contribution in [-0.4, -0.2) is 61.0 Å². The topological polar surface area (TPSA) is 88.1 Å². The quantitative estimate of drug-likeness (QED) is 0.682. The summed E-state index contributed by atoms with van der Waals surface area (Å²) in [6, 6.07) is 17.7. The first-order chi connectivity index (χ1) is 15.2. The van der Waals surface area contributed by atoms with E-state index < -0.39 is 0 Å². The van der Waals surface area contributed by atoms with Crippen molar-refractivity contribution in [3.63, 3.8) is 0 Å². The number of aliphatic hydroxyl groups excluding tert-OH is 1. The molecule has 0 aliphatic carbocycles. The number of carbonyl (C=O) groups excluding carboxylic acids is 2. The molecule has 3 amide bonds. The van der Waals surface area contributed by atoms with Crippen molar-refractivity contribution in [2.24, 2.45) is 5.92 Å². The molecule has 3 N–H and O–H groups in total. The Morgan fingerprint density at radius 1 is 0.968 bits per heavy atom. The van der Waals surface area contributed by atoms with Gasteiger partial charge >= 0.3 is 6.03 Å². The molecular formula is C23H25N5O3. The maximum atomic E-state index is 12.8. The first-order valence-corrected chi connectivity index (χ1v) is 10.5. The molecular weight excluding hydrogens is 394 g/mol. The fourth-order valence-electron chi connectivity index (χ4n) is 4.57. The number of amides is 3. The number of hydrogen-bond donors (Lipinski definition) is 3. The zero-order valence-electron chi connectivity index (χ0n) is 17.1. The van der Waals surface area contributed by atoms with Gasteiger partial charge in [0.1, 0.15) is 6.17 Å². The smallest absolute Gasteiger partial charge is 0.324 e. The molecule has 0 spiro atoms. The molecule has 0 bridgehead atoms. The minimum absolute atomic E-state index is 0.00636. The van der Waals surface area contributed by atoms with E-state index in [-0.39, 0.29) is 30.6 Å². The first kappa shape index (κ1) is 19.6. The van der Waals surface area contributed by atoms with Crippen LogP contribution in [0.4, 0.5) is 16.2 Å². The van der Waals surface area contributed by atoms with Gasteiger partial charge in [0.15, 0.2) is 0 Å². The van der Waals surface area contributed by atoms with Crippen LogP contribution in [0.2, 0.25) is 0 Å². The summed E-state index contributed by atoms with van der Waals surface area (Å²) in [7, 11) is 0. The Morgan fingerprint density at radius 2 is 1.74 bits per heavy atom. The van der Waals surface area contributed by atoms with Crippen molar-refractivity contribution in [1.82, 2.24) is 15.5 Å². The predicted octanol–water partition coefficient (Wildman–Crippen LogP) is 1.40. The van der Waals surface area contributed by atoms with Crippen molar-refractivity contribution in [2.75, 3.05) is 42.7 Å². The number of rotatable bonds is 5. The van der Waals surface area contributed by atoms with Crippen LogP contribution in [0.5, 0.6) is 0 Å². The van der Waals surface area contributed by atoms with E-state index in [0.717, 1.165) is 22.5 Å². The van der Waals surface area contributed by atoms with Crippen molar-refractivity contribution in [3.8, 4) is 0 Å². The number of anilines is 2. The third-order valence-electron chi connectivity index (χ3n) is 6.12. The largest absolute Gasteiger partial charge is 0.395 e. The van der Waals surface area contributed by atoms with Crippen LogP contribution in [0.15, 0.2) is 60.8 Å². The highest BCUT2D eigenvalue weighted by Gasteiger charge is 2.43. The SMILES string of the molecule is O=C1NCNC2C1C(c1ccc(N3CCN(CCO)C3=O)cc1)=CN2c1ccccc1. The minimum Gasteiger partial charge on any atom is -0.395 e. The molecule has 2 aromatic carbocycles. The normalized spacial score (nSPS) is 23.1. The van der Waals surface area contributed by atoms with E-state index >= 15 is 0 Å². The zero-order valence-corrected chi connectivity index (χ0v) is 17.1. The van der Waals surface area contributed by atoms with Crippen molar-refractivity contribution < 1.29 is 14.7 Å². The van der Waals surface area contributed by atoms with Crippen LogP contribution in [0.25, 0.3) is 5.57 Å². The average molecular weight is 419 g/mol. The van der Waals surface area contributed by atoms with Gasteiger partial charge in [-0.25, -0.2) is 4.79 Å². The van der Waals surface area contributed by atoms with E-state index in [1.807, 2.05) is 60.8 Å². The Morgan fingerprint density at radius 3 is 2.48 bits per heavy atom. The van der Waals surface area contributed by atoms with Crippen LogP contribution in [0.1, 0.15) is 5.56 Å². The van der Waals surface area contributed by atoms with E-state index in [9.17, 15) is 9.59 Å². The lowest BCUT2D eigenvalue weighted by molar-refractivity contribution is -0.125. The van der Waals surface area contributed by atoms with Crippen molar-refractivity contribution in [2.45, 2.75) is 6.17 Å². The average Bonchev–Trinajstić information content (AvgIpc) is 3.37. The maximum absolute atomic E-state index is 12.8. The third-order valence-corrected chi connectivity index (χ3v) is 6.12. The number of fused-ring (bicyclic) bond motifs is 1. The van der Waals surface area contributed by atoms with E-state index in [2.05, 4.69) is 15.5 Å². The Kier molecular flexibility index (Phi) is 5.09. The molecule has 0 saturated carbocycles. The molecule has 2 saturated heterocycles. The van der Waals surface area contributed by atoms with Crippen LogP contribution < -0.4 is 20.4 Å². The molecule has 2 atom stereocenters. The Labute approximate surface area is 180 Å². The highest BCUT2D eigenvalue weighted by atomic mass is 16.3. The molecule has 160 valence electrons. The number of urea groups is 1. The summed E-state index contributed by atoms with van der Waals surface area (Å²) < 4.78 is 0. The summed E-state index contributed by atoms with van der Waals surface area (Å²) in [6.07, 6.45) is 1.90. The number of aliphatic hydroxyl groups is 1. The summed E-state index contributed by atoms with van der Waals surface area (Å²) in [5.41, 5.74) is 3.74. The lowest BCUT2D eigenvalue weighted by Crippen LogP contribution is -2.58. The highest BCUT2D eigenvalue weighted by molar-refractivity contribution is 5.97. The fraction of sp³-hybridized carbons (Fsp3) is 0.304. The monoisotopic (exact) mass is 419 g/mol. The third kappa shape index (κ3) is 3.43. The van der Waals surface area contributed by atoms with Gasteiger partial charge in [0, 0.05) is 37.2 Å². The van der Waals surface area contributed by atoms with E-state index in [1.165, 1.54) is 0 Å². The van der Waals surface area contributed by atoms with Gasteiger partial charge in [0.2, 0.25) is 5.91 Å². The Hall–Kier alpha value is -3.36. The lowest BCUT2D eigenvalue weighted by atomic mass is 9.91. The molecule has 3 aliphatic rings. The van der Waals surface area contributed by atoms with Gasteiger partial charge in [0.25, 0.3) is 0 Å². The second-order valence-corrected chi connectivity index (χ2v) is 7.86. The van der Waals surface area contributed by atoms with Crippen molar-refractivity contribution in [1.29, 1.82) is 0 Å². The molecule has 5 rings (SSSR count). The Bertz CT molecular complexity index is 1010. The number of β-amino-alcohol motifs (C(OH)–C–C–N with tert-alkyl or cyclic N) is 1. The molecule has 3 heterocycles. The number of benzene rings is 2. The first-order valence-electron chi connectivity index (χ1n) is 10.5. The van der Waals surface area contributed by atoms with E-state index in [1.54, 1.807) is 9.80 Å². The standard InChI is InChI=1S/C23H25N5O3/c29-13-12-26-10-11-27(23(26)31)18-8-6-16(7-9-18)19-14-28(17-4-2-1-3-5-17)21-20(19)22(30)25-15-24-21/h1-9,14,20-21,24,29H,10-13,15H2,(H,25,30). The van der Waals surface area contributed by atoms with Crippen molar-refractivity contribution >= 4 is 28.9 Å².